The number of piperidine rings is 1. The van der Waals surface area contributed by atoms with Crippen LogP contribution in [-0.4, -0.2) is 48.8 Å². The molecule has 1 aliphatic carbocycles. The van der Waals surface area contributed by atoms with E-state index in [1.807, 2.05) is 0 Å². The molecule has 1 aliphatic heterocycles. The van der Waals surface area contributed by atoms with E-state index in [0.717, 1.165) is 26.1 Å². The molecule has 1 atom stereocenters. The lowest BCUT2D eigenvalue weighted by atomic mass is 9.99. The van der Waals surface area contributed by atoms with Gasteiger partial charge < -0.3 is 20.6 Å². The van der Waals surface area contributed by atoms with Crippen LogP contribution in [0.1, 0.15) is 32.1 Å². The first-order chi connectivity index (χ1) is 8.17. The van der Waals surface area contributed by atoms with Crippen LogP contribution >= 0.6 is 0 Å². The van der Waals surface area contributed by atoms with Crippen molar-refractivity contribution in [3.8, 4) is 0 Å². The number of ether oxygens (including phenoxy) is 1. The van der Waals surface area contributed by atoms with Gasteiger partial charge in [-0.25, -0.2) is 0 Å². The van der Waals surface area contributed by atoms with Crippen LogP contribution in [0, 0.1) is 5.41 Å². The van der Waals surface area contributed by atoms with Gasteiger partial charge in [-0.2, -0.15) is 0 Å². The lowest BCUT2D eigenvalue weighted by molar-refractivity contribution is 0.0244. The first-order valence-electron chi connectivity index (χ1n) is 6.39. The lowest BCUT2D eigenvalue weighted by Gasteiger charge is -2.34. The van der Waals surface area contributed by atoms with Gasteiger partial charge in [0.25, 0.3) is 0 Å². The fourth-order valence-corrected chi connectivity index (χ4v) is 2.81. The molecule has 0 aromatic rings. The van der Waals surface area contributed by atoms with E-state index in [-0.39, 0.29) is 5.41 Å². The Kier molecular flexibility index (Phi) is 3.89. The molecule has 0 radical (unpaired) electrons. The molecule has 1 saturated carbocycles. The summed E-state index contributed by atoms with van der Waals surface area (Å²) < 4.78 is 5.43. The van der Waals surface area contributed by atoms with Crippen molar-refractivity contribution in [2.45, 2.75) is 38.2 Å². The van der Waals surface area contributed by atoms with Crippen LogP contribution in [-0.2, 0) is 4.74 Å². The summed E-state index contributed by atoms with van der Waals surface area (Å²) >= 11 is 0. The third kappa shape index (κ3) is 3.33. The van der Waals surface area contributed by atoms with E-state index in [1.165, 1.54) is 25.7 Å². The summed E-state index contributed by atoms with van der Waals surface area (Å²) in [7, 11) is 1.79. The maximum atomic E-state index is 8.64. The lowest BCUT2D eigenvalue weighted by Crippen LogP contribution is -2.42. The van der Waals surface area contributed by atoms with Gasteiger partial charge in [-0.05, 0) is 37.6 Å². The Morgan fingerprint density at radius 2 is 2.35 bits per heavy atom. The van der Waals surface area contributed by atoms with Gasteiger partial charge in [-0.3, -0.25) is 0 Å². The number of nitrogens with zero attached hydrogens (tertiary/aromatic N) is 2. The quantitative estimate of drug-likeness (QED) is 0.326. The predicted molar refractivity (Wildman–Crippen MR) is 66.2 cm³/mol. The molecule has 0 spiro atoms. The molecule has 2 aliphatic rings. The fraction of sp³-hybridized carbons (Fsp3) is 0.917. The molecule has 5 heteroatoms. The molecule has 1 saturated heterocycles. The molecule has 1 heterocycles. The first-order valence-corrected chi connectivity index (χ1v) is 6.39. The van der Waals surface area contributed by atoms with E-state index in [1.54, 1.807) is 7.11 Å². The molecule has 98 valence electrons. The molecule has 17 heavy (non-hydrogen) atoms. The monoisotopic (exact) mass is 241 g/mol. The Morgan fingerprint density at radius 3 is 2.94 bits per heavy atom. The Bertz CT molecular complexity index is 289. The number of methoxy groups -OCH3 is 1. The topological polar surface area (TPSA) is 71.1 Å². The number of oxime groups is 1. The molecule has 0 aromatic carbocycles. The zero-order chi connectivity index (χ0) is 12.3. The average Bonchev–Trinajstić information content (AvgIpc) is 3.08. The maximum Gasteiger partial charge on any atom is 0.139 e. The second kappa shape index (κ2) is 5.23. The van der Waals surface area contributed by atoms with E-state index in [9.17, 15) is 0 Å². The van der Waals surface area contributed by atoms with Gasteiger partial charge in [-0.1, -0.05) is 5.16 Å². The molecule has 5 nitrogen and oxygen atoms in total. The molecule has 0 amide bonds. The van der Waals surface area contributed by atoms with Gasteiger partial charge in [0.15, 0.2) is 0 Å². The van der Waals surface area contributed by atoms with E-state index < -0.39 is 0 Å². The summed E-state index contributed by atoms with van der Waals surface area (Å²) in [6, 6.07) is 0. The van der Waals surface area contributed by atoms with Crippen LogP contribution in [0.2, 0.25) is 0 Å². The number of nitrogens with two attached hydrogens (primary N) is 1. The van der Waals surface area contributed by atoms with Crippen molar-refractivity contribution in [2.24, 2.45) is 16.3 Å². The van der Waals surface area contributed by atoms with Crippen molar-refractivity contribution in [2.75, 3.05) is 26.7 Å². The highest BCUT2D eigenvalue weighted by atomic mass is 16.5. The molecular weight excluding hydrogens is 218 g/mol. The maximum absolute atomic E-state index is 8.64. The van der Waals surface area contributed by atoms with Crippen molar-refractivity contribution < 1.29 is 9.94 Å². The number of hydrogen-bond donors (Lipinski definition) is 2. The molecule has 0 aromatic heterocycles. The zero-order valence-corrected chi connectivity index (χ0v) is 10.6. The third-order valence-corrected chi connectivity index (χ3v) is 4.00. The highest BCUT2D eigenvalue weighted by Crippen LogP contribution is 2.49. The minimum absolute atomic E-state index is 0.270. The van der Waals surface area contributed by atoms with Crippen molar-refractivity contribution in [3.05, 3.63) is 0 Å². The van der Waals surface area contributed by atoms with Gasteiger partial charge in [0.1, 0.15) is 5.84 Å². The summed E-state index contributed by atoms with van der Waals surface area (Å²) in [4.78, 5) is 2.47. The van der Waals surface area contributed by atoms with Crippen LogP contribution in [0.15, 0.2) is 5.16 Å². The Labute approximate surface area is 103 Å². The Balaban J connectivity index is 1.83. The third-order valence-electron chi connectivity index (χ3n) is 4.00. The van der Waals surface area contributed by atoms with Gasteiger partial charge >= 0.3 is 0 Å². The summed E-state index contributed by atoms with van der Waals surface area (Å²) in [6.07, 6.45) is 5.86. The van der Waals surface area contributed by atoms with Crippen LogP contribution in [0.4, 0.5) is 0 Å². The minimum atomic E-state index is 0.270. The number of amidine groups is 1. The Hall–Kier alpha value is -0.810. The van der Waals surface area contributed by atoms with Gasteiger partial charge in [0, 0.05) is 26.6 Å². The zero-order valence-electron chi connectivity index (χ0n) is 10.6. The van der Waals surface area contributed by atoms with Crippen molar-refractivity contribution >= 4 is 5.84 Å². The average molecular weight is 241 g/mol. The number of likely N-dealkylation sites (tertiary alicyclic amines) is 1. The summed E-state index contributed by atoms with van der Waals surface area (Å²) in [5, 5.41) is 11.7. The van der Waals surface area contributed by atoms with Crippen LogP contribution in [0.3, 0.4) is 0 Å². The normalized spacial score (nSPS) is 29.2. The predicted octanol–water partition coefficient (Wildman–Crippen LogP) is 1.01. The van der Waals surface area contributed by atoms with Crippen LogP contribution < -0.4 is 5.73 Å². The van der Waals surface area contributed by atoms with Crippen LogP contribution in [0.25, 0.3) is 0 Å². The molecule has 2 fully saturated rings. The van der Waals surface area contributed by atoms with Crippen LogP contribution in [0.5, 0.6) is 0 Å². The summed E-state index contributed by atoms with van der Waals surface area (Å²) in [6.45, 7) is 3.23. The molecule has 1 unspecified atom stereocenters. The highest BCUT2D eigenvalue weighted by Gasteiger charge is 2.45. The van der Waals surface area contributed by atoms with E-state index in [0.29, 0.717) is 11.9 Å². The molecule has 2 rings (SSSR count). The molecule has 3 N–H and O–H groups in total. The van der Waals surface area contributed by atoms with E-state index >= 15 is 0 Å². The highest BCUT2D eigenvalue weighted by molar-refractivity contribution is 5.80. The minimum Gasteiger partial charge on any atom is -0.409 e. The van der Waals surface area contributed by atoms with E-state index in [4.69, 9.17) is 15.7 Å². The number of rotatable bonds is 5. The Morgan fingerprint density at radius 1 is 1.59 bits per heavy atom. The van der Waals surface area contributed by atoms with Gasteiger partial charge in [0.05, 0.1) is 6.10 Å². The first kappa shape index (κ1) is 12.6. The fourth-order valence-electron chi connectivity index (χ4n) is 2.81. The second-order valence-corrected chi connectivity index (χ2v) is 5.50. The molecular formula is C12H23N3O2. The standard InChI is InChI=1S/C12H23N3O2/c1-17-10-3-2-6-15(8-10)9-12(4-5-12)7-11(13)14-16/h10,16H,2-9H2,1H3,(H2,13,14). The number of hydrogen-bond acceptors (Lipinski definition) is 4. The molecule has 0 bridgehead atoms. The van der Waals surface area contributed by atoms with Gasteiger partial charge in [0.2, 0.25) is 0 Å². The second-order valence-electron chi connectivity index (χ2n) is 5.50. The van der Waals surface area contributed by atoms with Crippen molar-refractivity contribution in [1.82, 2.24) is 4.90 Å². The SMILES string of the molecule is COC1CCCN(CC2(CC(N)=NO)CC2)C1. The summed E-state index contributed by atoms with van der Waals surface area (Å²) in [5.41, 5.74) is 5.88. The van der Waals surface area contributed by atoms with Gasteiger partial charge in [-0.15, -0.1) is 0 Å². The van der Waals surface area contributed by atoms with E-state index in [2.05, 4.69) is 10.1 Å². The van der Waals surface area contributed by atoms with Crippen molar-refractivity contribution in [1.29, 1.82) is 0 Å². The summed E-state index contributed by atoms with van der Waals surface area (Å²) in [5.74, 6) is 0.364. The largest absolute Gasteiger partial charge is 0.409 e. The van der Waals surface area contributed by atoms with Crippen molar-refractivity contribution in [3.63, 3.8) is 0 Å². The smallest absolute Gasteiger partial charge is 0.139 e.